The lowest BCUT2D eigenvalue weighted by Crippen LogP contribution is -2.36. The minimum absolute atomic E-state index is 0.612. The highest BCUT2D eigenvalue weighted by Gasteiger charge is 2.05. The third-order valence-corrected chi connectivity index (χ3v) is 1.90. The Kier molecular flexibility index (Phi) is 2.53. The molecule has 0 bridgehead atoms. The van der Waals surface area contributed by atoms with E-state index in [0.29, 0.717) is 5.89 Å². The van der Waals surface area contributed by atoms with Crippen molar-refractivity contribution in [2.24, 2.45) is 0 Å². The van der Waals surface area contributed by atoms with Crippen LogP contribution < -0.4 is 4.68 Å². The van der Waals surface area contributed by atoms with Gasteiger partial charge in [0.25, 0.3) is 0 Å². The zero-order chi connectivity index (χ0) is 9.80. The van der Waals surface area contributed by atoms with Crippen molar-refractivity contribution in [3.05, 3.63) is 30.9 Å². The molecule has 0 saturated carbocycles. The van der Waals surface area contributed by atoms with Crippen LogP contribution in [0.5, 0.6) is 0 Å². The first-order valence-electron chi connectivity index (χ1n) is 4.66. The molecule has 0 aliphatic heterocycles. The first kappa shape index (κ1) is 8.87. The summed E-state index contributed by atoms with van der Waals surface area (Å²) in [6, 6.07) is 1.95. The van der Waals surface area contributed by atoms with Crippen molar-refractivity contribution in [2.45, 2.75) is 19.9 Å². The van der Waals surface area contributed by atoms with Gasteiger partial charge in [0.2, 0.25) is 5.89 Å². The lowest BCUT2D eigenvalue weighted by molar-refractivity contribution is -0.753. The highest BCUT2D eigenvalue weighted by molar-refractivity contribution is 5.49. The Balaban J connectivity index is 2.22. The van der Waals surface area contributed by atoms with E-state index in [0.717, 1.165) is 18.5 Å². The number of aryl methyl sites for hydroxylation is 1. The second-order valence-corrected chi connectivity index (χ2v) is 3.02. The topological polar surface area (TPSA) is 42.8 Å². The standard InChI is InChI=1S/C10H12N3O/c1-2-5-13-6-3-9(8-12-13)10-11-4-7-14-10/h3-4,6-8H,2,5H2,1H3/q+1. The van der Waals surface area contributed by atoms with Gasteiger partial charge in [0.1, 0.15) is 12.5 Å². The van der Waals surface area contributed by atoms with Gasteiger partial charge in [0, 0.05) is 12.5 Å². The van der Waals surface area contributed by atoms with Crippen molar-refractivity contribution in [2.75, 3.05) is 0 Å². The predicted molar refractivity (Wildman–Crippen MR) is 50.2 cm³/mol. The molecule has 0 N–H and O–H groups in total. The molecule has 0 unspecified atom stereocenters. The average molecular weight is 190 g/mol. The molecule has 0 spiro atoms. The van der Waals surface area contributed by atoms with E-state index in [1.165, 1.54) is 0 Å². The van der Waals surface area contributed by atoms with E-state index in [1.807, 2.05) is 16.9 Å². The van der Waals surface area contributed by atoms with Crippen molar-refractivity contribution >= 4 is 0 Å². The molecule has 0 aliphatic rings. The van der Waals surface area contributed by atoms with Crippen LogP contribution in [0.2, 0.25) is 0 Å². The van der Waals surface area contributed by atoms with Gasteiger partial charge in [-0.25, -0.2) is 4.98 Å². The number of rotatable bonds is 3. The summed E-state index contributed by atoms with van der Waals surface area (Å²) in [5.74, 6) is 0.612. The zero-order valence-electron chi connectivity index (χ0n) is 8.05. The Morgan fingerprint density at radius 2 is 2.43 bits per heavy atom. The van der Waals surface area contributed by atoms with Gasteiger partial charge in [-0.3, -0.25) is 0 Å². The van der Waals surface area contributed by atoms with E-state index in [-0.39, 0.29) is 0 Å². The fourth-order valence-corrected chi connectivity index (χ4v) is 1.24. The van der Waals surface area contributed by atoms with E-state index >= 15 is 0 Å². The summed E-state index contributed by atoms with van der Waals surface area (Å²) in [6.07, 6.45) is 7.96. The summed E-state index contributed by atoms with van der Waals surface area (Å²) in [5.41, 5.74) is 0.905. The summed E-state index contributed by atoms with van der Waals surface area (Å²) in [4.78, 5) is 4.05. The second kappa shape index (κ2) is 4.00. The molecule has 0 fully saturated rings. The van der Waals surface area contributed by atoms with Crippen molar-refractivity contribution in [1.29, 1.82) is 0 Å². The first-order valence-corrected chi connectivity index (χ1v) is 4.66. The molecule has 0 atom stereocenters. The molecule has 4 nitrogen and oxygen atoms in total. The van der Waals surface area contributed by atoms with Gasteiger partial charge in [0.15, 0.2) is 12.7 Å². The third kappa shape index (κ3) is 1.79. The van der Waals surface area contributed by atoms with E-state index in [2.05, 4.69) is 17.0 Å². The fraction of sp³-hybridized carbons (Fsp3) is 0.300. The number of hydrogen-bond acceptors (Lipinski definition) is 3. The molecule has 0 amide bonds. The molecule has 2 heterocycles. The van der Waals surface area contributed by atoms with Gasteiger partial charge in [0.05, 0.1) is 11.8 Å². The second-order valence-electron chi connectivity index (χ2n) is 3.02. The Labute approximate surface area is 82.2 Å². The Bertz CT molecular complexity index is 380. The molecule has 0 radical (unpaired) electrons. The summed E-state index contributed by atoms with van der Waals surface area (Å²) in [5, 5.41) is 4.24. The Hall–Kier alpha value is -1.71. The molecule has 2 rings (SSSR count). The summed E-state index contributed by atoms with van der Waals surface area (Å²) < 4.78 is 7.05. The lowest BCUT2D eigenvalue weighted by Gasteiger charge is -1.93. The van der Waals surface area contributed by atoms with Crippen LogP contribution in [0.1, 0.15) is 13.3 Å². The fourth-order valence-electron chi connectivity index (χ4n) is 1.24. The van der Waals surface area contributed by atoms with Gasteiger partial charge < -0.3 is 4.42 Å². The van der Waals surface area contributed by atoms with Crippen molar-refractivity contribution in [3.63, 3.8) is 0 Å². The van der Waals surface area contributed by atoms with Crippen LogP contribution in [0.25, 0.3) is 11.5 Å². The van der Waals surface area contributed by atoms with Gasteiger partial charge in [-0.2, -0.15) is 0 Å². The van der Waals surface area contributed by atoms with Gasteiger partial charge >= 0.3 is 0 Å². The quantitative estimate of drug-likeness (QED) is 0.688. The van der Waals surface area contributed by atoms with E-state index in [1.54, 1.807) is 18.7 Å². The van der Waals surface area contributed by atoms with E-state index in [4.69, 9.17) is 4.42 Å². The number of oxazole rings is 1. The zero-order valence-corrected chi connectivity index (χ0v) is 8.05. The van der Waals surface area contributed by atoms with Crippen molar-refractivity contribution in [3.8, 4) is 11.5 Å². The van der Waals surface area contributed by atoms with Crippen LogP contribution in [-0.2, 0) is 6.54 Å². The first-order chi connectivity index (χ1) is 6.90. The molecular formula is C10H12N3O+. The van der Waals surface area contributed by atoms with Crippen LogP contribution in [0, 0.1) is 0 Å². The predicted octanol–water partition coefficient (Wildman–Crippen LogP) is 1.43. The Morgan fingerprint density at radius 3 is 3.00 bits per heavy atom. The lowest BCUT2D eigenvalue weighted by atomic mass is 10.3. The van der Waals surface area contributed by atoms with Crippen LogP contribution in [0.3, 0.4) is 0 Å². The van der Waals surface area contributed by atoms with Crippen LogP contribution in [0.4, 0.5) is 0 Å². The van der Waals surface area contributed by atoms with Crippen LogP contribution >= 0.6 is 0 Å². The van der Waals surface area contributed by atoms with Crippen molar-refractivity contribution in [1.82, 2.24) is 10.1 Å². The maximum absolute atomic E-state index is 5.16. The van der Waals surface area contributed by atoms with E-state index in [9.17, 15) is 0 Å². The highest BCUT2D eigenvalue weighted by atomic mass is 16.3. The van der Waals surface area contributed by atoms with Crippen molar-refractivity contribution < 1.29 is 9.10 Å². The molecule has 14 heavy (non-hydrogen) atoms. The molecule has 0 aliphatic carbocycles. The average Bonchev–Trinajstić information content (AvgIpc) is 2.72. The largest absolute Gasteiger partial charge is 0.444 e. The molecular weight excluding hydrogens is 178 g/mol. The van der Waals surface area contributed by atoms with Gasteiger partial charge in [-0.1, -0.05) is 11.6 Å². The molecule has 4 heteroatoms. The summed E-state index contributed by atoms with van der Waals surface area (Å²) in [6.45, 7) is 3.06. The maximum Gasteiger partial charge on any atom is 0.227 e. The summed E-state index contributed by atoms with van der Waals surface area (Å²) >= 11 is 0. The monoisotopic (exact) mass is 190 g/mol. The van der Waals surface area contributed by atoms with Gasteiger partial charge in [-0.05, 0) is 5.10 Å². The van der Waals surface area contributed by atoms with E-state index < -0.39 is 0 Å². The molecule has 0 saturated heterocycles. The van der Waals surface area contributed by atoms with Gasteiger partial charge in [-0.15, -0.1) is 0 Å². The molecule has 0 aromatic carbocycles. The smallest absolute Gasteiger partial charge is 0.227 e. The highest BCUT2D eigenvalue weighted by Crippen LogP contribution is 2.12. The van der Waals surface area contributed by atoms with Crippen LogP contribution in [-0.4, -0.2) is 10.1 Å². The van der Waals surface area contributed by atoms with Crippen LogP contribution in [0.15, 0.2) is 35.3 Å². The Morgan fingerprint density at radius 1 is 1.50 bits per heavy atom. The minimum atomic E-state index is 0.612. The number of aromatic nitrogens is 3. The minimum Gasteiger partial charge on any atom is -0.444 e. The molecule has 72 valence electrons. The normalized spacial score (nSPS) is 10.4. The number of hydrogen-bond donors (Lipinski definition) is 0. The summed E-state index contributed by atoms with van der Waals surface area (Å²) in [7, 11) is 0. The molecule has 2 aromatic rings. The third-order valence-electron chi connectivity index (χ3n) is 1.90. The maximum atomic E-state index is 5.16. The SMILES string of the molecule is CCC[n+]1ccc(-c2ncco2)cn1. The number of nitrogens with zero attached hydrogens (tertiary/aromatic N) is 3. The molecule has 2 aromatic heterocycles.